The van der Waals surface area contributed by atoms with E-state index in [1.54, 1.807) is 0 Å². The van der Waals surface area contributed by atoms with Gasteiger partial charge >= 0.3 is 5.97 Å². The lowest BCUT2D eigenvalue weighted by molar-refractivity contribution is -0.163. The lowest BCUT2D eigenvalue weighted by Gasteiger charge is -2.47. The van der Waals surface area contributed by atoms with E-state index in [9.17, 15) is 14.7 Å². The summed E-state index contributed by atoms with van der Waals surface area (Å²) in [6, 6.07) is 0. The van der Waals surface area contributed by atoms with Gasteiger partial charge in [0.05, 0.1) is 0 Å². The molecule has 0 aliphatic heterocycles. The van der Waals surface area contributed by atoms with Crippen LogP contribution in [0.4, 0.5) is 0 Å². The Morgan fingerprint density at radius 3 is 2.56 bits per heavy atom. The van der Waals surface area contributed by atoms with E-state index < -0.39 is 11.5 Å². The Hall–Kier alpha value is -1.06. The number of hydrogen-bond acceptors (Lipinski definition) is 2. The zero-order valence-corrected chi connectivity index (χ0v) is 10.3. The van der Waals surface area contributed by atoms with Crippen LogP contribution < -0.4 is 0 Å². The van der Waals surface area contributed by atoms with Gasteiger partial charge in [0.2, 0.25) is 6.41 Å². The Bertz CT molecular complexity index is 279. The Kier molecular flexibility index (Phi) is 3.94. The summed E-state index contributed by atoms with van der Waals surface area (Å²) in [5.74, 6) is -0.479. The molecule has 1 amide bonds. The first-order chi connectivity index (χ1) is 7.48. The summed E-state index contributed by atoms with van der Waals surface area (Å²) >= 11 is 0. The highest BCUT2D eigenvalue weighted by Gasteiger charge is 2.50. The third-order valence-corrected chi connectivity index (χ3v) is 3.92. The van der Waals surface area contributed by atoms with Gasteiger partial charge in [-0.25, -0.2) is 4.79 Å². The van der Waals surface area contributed by atoms with Crippen LogP contribution in [0, 0.1) is 11.8 Å². The number of carboxylic acids is 1. The van der Waals surface area contributed by atoms with Crippen LogP contribution in [0.3, 0.4) is 0 Å². The molecule has 1 aliphatic carbocycles. The molecule has 0 bridgehead atoms. The molecule has 16 heavy (non-hydrogen) atoms. The SMILES string of the molecule is CCN(C=O)C1(C(=O)O)CC(C)CCC1C. The fourth-order valence-corrected chi connectivity index (χ4v) is 2.88. The average molecular weight is 227 g/mol. The van der Waals surface area contributed by atoms with Crippen LogP contribution in [-0.4, -0.2) is 34.5 Å². The van der Waals surface area contributed by atoms with Gasteiger partial charge in [-0.3, -0.25) is 4.79 Å². The molecule has 0 saturated heterocycles. The van der Waals surface area contributed by atoms with Gasteiger partial charge in [-0.2, -0.15) is 0 Å². The Balaban J connectivity index is 3.10. The van der Waals surface area contributed by atoms with E-state index in [4.69, 9.17) is 0 Å². The molecule has 0 spiro atoms. The molecule has 92 valence electrons. The summed E-state index contributed by atoms with van der Waals surface area (Å²) in [5.41, 5.74) is -0.992. The van der Waals surface area contributed by atoms with Crippen molar-refractivity contribution in [3.63, 3.8) is 0 Å². The van der Waals surface area contributed by atoms with Crippen LogP contribution in [0.2, 0.25) is 0 Å². The lowest BCUT2D eigenvalue weighted by atomic mass is 9.68. The van der Waals surface area contributed by atoms with E-state index in [2.05, 4.69) is 6.92 Å². The smallest absolute Gasteiger partial charge is 0.329 e. The summed E-state index contributed by atoms with van der Waals surface area (Å²) in [4.78, 5) is 24.1. The number of rotatable bonds is 4. The Morgan fingerprint density at radius 1 is 1.50 bits per heavy atom. The molecule has 0 aromatic heterocycles. The third-order valence-electron chi connectivity index (χ3n) is 3.92. The van der Waals surface area contributed by atoms with Gasteiger partial charge in [-0.05, 0) is 31.6 Å². The molecule has 3 atom stereocenters. The van der Waals surface area contributed by atoms with Gasteiger partial charge in [-0.15, -0.1) is 0 Å². The van der Waals surface area contributed by atoms with Crippen molar-refractivity contribution in [2.75, 3.05) is 6.54 Å². The Morgan fingerprint density at radius 2 is 2.12 bits per heavy atom. The maximum Gasteiger partial charge on any atom is 0.329 e. The van der Waals surface area contributed by atoms with E-state index in [1.165, 1.54) is 4.90 Å². The highest BCUT2D eigenvalue weighted by atomic mass is 16.4. The summed E-state index contributed by atoms with van der Waals surface area (Å²) in [6.45, 7) is 6.27. The van der Waals surface area contributed by atoms with E-state index in [-0.39, 0.29) is 5.92 Å². The van der Waals surface area contributed by atoms with E-state index in [0.29, 0.717) is 25.3 Å². The average Bonchev–Trinajstić information content (AvgIpc) is 2.24. The van der Waals surface area contributed by atoms with Crippen LogP contribution >= 0.6 is 0 Å². The molecule has 0 aromatic rings. The minimum Gasteiger partial charge on any atom is -0.479 e. The molecule has 0 aromatic carbocycles. The predicted octanol–water partition coefficient (Wildman–Crippen LogP) is 1.74. The van der Waals surface area contributed by atoms with Crippen LogP contribution in [-0.2, 0) is 9.59 Å². The molecule has 1 N–H and O–H groups in total. The van der Waals surface area contributed by atoms with Crippen LogP contribution in [0.15, 0.2) is 0 Å². The number of nitrogens with zero attached hydrogens (tertiary/aromatic N) is 1. The monoisotopic (exact) mass is 227 g/mol. The minimum absolute atomic E-state index is 0.0198. The molecule has 3 unspecified atom stereocenters. The molecule has 1 saturated carbocycles. The largest absolute Gasteiger partial charge is 0.479 e. The fourth-order valence-electron chi connectivity index (χ4n) is 2.88. The standard InChI is InChI=1S/C12H21NO3/c1-4-13(8-14)12(11(15)16)7-9(2)5-6-10(12)3/h8-10H,4-7H2,1-3H3,(H,15,16). The van der Waals surface area contributed by atoms with Crippen molar-refractivity contribution in [3.05, 3.63) is 0 Å². The van der Waals surface area contributed by atoms with Crippen molar-refractivity contribution in [2.45, 2.75) is 45.6 Å². The van der Waals surface area contributed by atoms with Crippen LogP contribution in [0.25, 0.3) is 0 Å². The number of carbonyl (C=O) groups is 2. The minimum atomic E-state index is -0.992. The van der Waals surface area contributed by atoms with Gasteiger partial charge in [0, 0.05) is 6.54 Å². The lowest BCUT2D eigenvalue weighted by Crippen LogP contribution is -2.60. The highest BCUT2D eigenvalue weighted by molar-refractivity contribution is 5.82. The van der Waals surface area contributed by atoms with Crippen molar-refractivity contribution < 1.29 is 14.7 Å². The molecular weight excluding hydrogens is 206 g/mol. The van der Waals surface area contributed by atoms with E-state index in [1.807, 2.05) is 13.8 Å². The van der Waals surface area contributed by atoms with Gasteiger partial charge in [-0.1, -0.05) is 20.3 Å². The topological polar surface area (TPSA) is 57.6 Å². The molecular formula is C12H21NO3. The third kappa shape index (κ3) is 1.93. The first-order valence-corrected chi connectivity index (χ1v) is 5.94. The number of hydrogen-bond donors (Lipinski definition) is 1. The zero-order valence-electron chi connectivity index (χ0n) is 10.3. The maximum absolute atomic E-state index is 11.6. The highest BCUT2D eigenvalue weighted by Crippen LogP contribution is 2.40. The van der Waals surface area contributed by atoms with E-state index in [0.717, 1.165) is 12.8 Å². The number of likely N-dealkylation sites (N-methyl/N-ethyl adjacent to an activating group) is 1. The zero-order chi connectivity index (χ0) is 12.3. The summed E-state index contributed by atoms with van der Waals surface area (Å²) in [7, 11) is 0. The summed E-state index contributed by atoms with van der Waals surface area (Å²) in [6.07, 6.45) is 3.17. The van der Waals surface area contributed by atoms with Crippen molar-refractivity contribution >= 4 is 12.4 Å². The molecule has 1 fully saturated rings. The van der Waals surface area contributed by atoms with Crippen molar-refractivity contribution in [1.82, 2.24) is 4.90 Å². The number of aliphatic carboxylic acids is 1. The molecule has 0 radical (unpaired) electrons. The molecule has 1 aliphatic rings. The van der Waals surface area contributed by atoms with E-state index >= 15 is 0 Å². The van der Waals surface area contributed by atoms with Crippen LogP contribution in [0.5, 0.6) is 0 Å². The summed E-state index contributed by atoms with van der Waals surface area (Å²) in [5, 5.41) is 9.51. The Labute approximate surface area is 96.6 Å². The van der Waals surface area contributed by atoms with Gasteiger partial charge in [0.15, 0.2) is 0 Å². The quantitative estimate of drug-likeness (QED) is 0.744. The molecule has 4 nitrogen and oxygen atoms in total. The first kappa shape index (κ1) is 13.0. The van der Waals surface area contributed by atoms with Crippen molar-refractivity contribution in [1.29, 1.82) is 0 Å². The fraction of sp³-hybridized carbons (Fsp3) is 0.833. The predicted molar refractivity (Wildman–Crippen MR) is 61.0 cm³/mol. The molecule has 1 rings (SSSR count). The second-order valence-corrected chi connectivity index (χ2v) is 4.91. The maximum atomic E-state index is 11.6. The van der Waals surface area contributed by atoms with Gasteiger partial charge in [0.25, 0.3) is 0 Å². The van der Waals surface area contributed by atoms with Crippen LogP contribution in [0.1, 0.15) is 40.0 Å². The first-order valence-electron chi connectivity index (χ1n) is 5.94. The van der Waals surface area contributed by atoms with Crippen molar-refractivity contribution in [2.24, 2.45) is 11.8 Å². The summed E-state index contributed by atoms with van der Waals surface area (Å²) < 4.78 is 0. The molecule has 0 heterocycles. The number of amides is 1. The number of carboxylic acid groups (broad SMARTS) is 1. The van der Waals surface area contributed by atoms with Gasteiger partial charge in [0.1, 0.15) is 5.54 Å². The van der Waals surface area contributed by atoms with Gasteiger partial charge < -0.3 is 10.0 Å². The normalized spacial score (nSPS) is 34.4. The second kappa shape index (κ2) is 4.85. The molecule has 4 heteroatoms. The number of carbonyl (C=O) groups excluding carboxylic acids is 1. The van der Waals surface area contributed by atoms with Crippen molar-refractivity contribution in [3.8, 4) is 0 Å². The second-order valence-electron chi connectivity index (χ2n) is 4.91.